The van der Waals surface area contributed by atoms with Gasteiger partial charge in [-0.15, -0.1) is 0 Å². The fourth-order valence-electron chi connectivity index (χ4n) is 3.33. The highest BCUT2D eigenvalue weighted by Crippen LogP contribution is 2.20. The Morgan fingerprint density at radius 3 is 2.59 bits per heavy atom. The minimum atomic E-state index is -0.451. The van der Waals surface area contributed by atoms with E-state index in [1.54, 1.807) is 6.92 Å². The maximum Gasteiger partial charge on any atom is 0.321 e. The van der Waals surface area contributed by atoms with Crippen molar-refractivity contribution in [1.29, 1.82) is 0 Å². The maximum absolute atomic E-state index is 11.9. The van der Waals surface area contributed by atoms with Gasteiger partial charge in [0.15, 0.2) is 5.82 Å². The van der Waals surface area contributed by atoms with Gasteiger partial charge in [-0.1, -0.05) is 35.5 Å². The van der Waals surface area contributed by atoms with Gasteiger partial charge in [0.2, 0.25) is 11.8 Å². The summed E-state index contributed by atoms with van der Waals surface area (Å²) in [4.78, 5) is 32.2. The monoisotopic (exact) mass is 400 g/mol. The quantitative estimate of drug-likeness (QED) is 0.719. The second kappa shape index (κ2) is 10.1. The van der Waals surface area contributed by atoms with E-state index in [2.05, 4.69) is 32.6 Å². The zero-order chi connectivity index (χ0) is 20.6. The molecule has 2 N–H and O–H groups in total. The molecule has 9 nitrogen and oxygen atoms in total. The van der Waals surface area contributed by atoms with E-state index >= 15 is 0 Å². The Hall–Kier alpha value is -2.78. The molecule has 1 saturated heterocycles. The molecule has 29 heavy (non-hydrogen) atoms. The van der Waals surface area contributed by atoms with E-state index in [1.165, 1.54) is 0 Å². The van der Waals surface area contributed by atoms with Crippen LogP contribution in [0.25, 0.3) is 0 Å². The molecule has 1 atom stereocenters. The Bertz CT molecular complexity index is 802. The van der Waals surface area contributed by atoms with Gasteiger partial charge in [0.1, 0.15) is 0 Å². The van der Waals surface area contributed by atoms with E-state index < -0.39 is 6.03 Å². The summed E-state index contributed by atoms with van der Waals surface area (Å²) in [6, 6.07) is 9.62. The average Bonchev–Trinajstić information content (AvgIpc) is 3.17. The van der Waals surface area contributed by atoms with Crippen LogP contribution >= 0.6 is 0 Å². The van der Waals surface area contributed by atoms with Crippen LogP contribution in [-0.4, -0.2) is 71.1 Å². The zero-order valence-electron chi connectivity index (χ0n) is 16.9. The molecular weight excluding hydrogens is 372 g/mol. The number of aromatic nitrogens is 2. The Morgan fingerprint density at radius 2 is 1.90 bits per heavy atom. The second-order valence-electron chi connectivity index (χ2n) is 7.11. The van der Waals surface area contributed by atoms with Crippen LogP contribution in [0.4, 0.5) is 4.79 Å². The summed E-state index contributed by atoms with van der Waals surface area (Å²) in [5.74, 6) is 0.997. The van der Waals surface area contributed by atoms with Crippen LogP contribution in [-0.2, 0) is 11.2 Å². The largest absolute Gasteiger partial charge is 0.338 e. The van der Waals surface area contributed by atoms with Crippen LogP contribution in [0.5, 0.6) is 0 Å². The van der Waals surface area contributed by atoms with Gasteiger partial charge in [0.05, 0.1) is 12.6 Å². The molecule has 1 aromatic carbocycles. The van der Waals surface area contributed by atoms with Gasteiger partial charge in [0, 0.05) is 39.1 Å². The van der Waals surface area contributed by atoms with Crippen LogP contribution in [0.15, 0.2) is 34.9 Å². The summed E-state index contributed by atoms with van der Waals surface area (Å²) in [6.07, 6.45) is 0.644. The van der Waals surface area contributed by atoms with Gasteiger partial charge in [-0.3, -0.25) is 19.9 Å². The van der Waals surface area contributed by atoms with Crippen LogP contribution in [0.2, 0.25) is 0 Å². The molecule has 0 spiro atoms. The first kappa shape index (κ1) is 20.9. The predicted molar refractivity (Wildman–Crippen MR) is 107 cm³/mol. The number of benzene rings is 1. The van der Waals surface area contributed by atoms with Gasteiger partial charge >= 0.3 is 6.03 Å². The number of imide groups is 1. The third-order valence-electron chi connectivity index (χ3n) is 4.96. The van der Waals surface area contributed by atoms with E-state index in [0.717, 1.165) is 31.7 Å². The molecule has 156 valence electrons. The van der Waals surface area contributed by atoms with E-state index in [-0.39, 0.29) is 18.5 Å². The summed E-state index contributed by atoms with van der Waals surface area (Å²) < 4.78 is 5.49. The number of nitrogens with zero attached hydrogens (tertiary/aromatic N) is 4. The maximum atomic E-state index is 11.9. The van der Waals surface area contributed by atoms with Crippen molar-refractivity contribution < 1.29 is 14.1 Å². The third-order valence-corrected chi connectivity index (χ3v) is 4.96. The molecule has 0 bridgehead atoms. The molecule has 0 saturated carbocycles. The SMILES string of the molecule is CCNC(=O)NC(=O)CN1CCN([C@@H](C)c2nc(Cc3ccccc3)no2)CC1. The number of piperazine rings is 1. The zero-order valence-corrected chi connectivity index (χ0v) is 16.9. The molecule has 9 heteroatoms. The summed E-state index contributed by atoms with van der Waals surface area (Å²) in [7, 11) is 0. The number of hydrogen-bond acceptors (Lipinski definition) is 7. The fourth-order valence-corrected chi connectivity index (χ4v) is 3.33. The first-order valence-electron chi connectivity index (χ1n) is 9.95. The molecule has 1 fully saturated rings. The van der Waals surface area contributed by atoms with Crippen molar-refractivity contribution in [2.24, 2.45) is 0 Å². The smallest absolute Gasteiger partial charge is 0.321 e. The summed E-state index contributed by atoms with van der Waals surface area (Å²) >= 11 is 0. The lowest BCUT2D eigenvalue weighted by Crippen LogP contribution is -2.51. The summed E-state index contributed by atoms with van der Waals surface area (Å²) in [5.41, 5.74) is 1.15. The molecule has 3 rings (SSSR count). The topological polar surface area (TPSA) is 104 Å². The van der Waals surface area contributed by atoms with Gasteiger partial charge < -0.3 is 9.84 Å². The van der Waals surface area contributed by atoms with E-state index in [1.807, 2.05) is 35.2 Å². The van der Waals surface area contributed by atoms with E-state index in [4.69, 9.17) is 4.52 Å². The highest BCUT2D eigenvalue weighted by Gasteiger charge is 2.26. The molecule has 2 aromatic rings. The van der Waals surface area contributed by atoms with Crippen molar-refractivity contribution in [1.82, 2.24) is 30.6 Å². The third kappa shape index (κ3) is 6.10. The highest BCUT2D eigenvalue weighted by molar-refractivity contribution is 5.95. The van der Waals surface area contributed by atoms with E-state index in [9.17, 15) is 9.59 Å². The van der Waals surface area contributed by atoms with Crippen LogP contribution in [0.1, 0.15) is 37.2 Å². The molecule has 2 heterocycles. The van der Waals surface area contributed by atoms with Crippen LogP contribution < -0.4 is 10.6 Å². The van der Waals surface area contributed by atoms with Crippen LogP contribution in [0.3, 0.4) is 0 Å². The summed E-state index contributed by atoms with van der Waals surface area (Å²) in [6.45, 7) is 7.59. The van der Waals surface area contributed by atoms with Crippen molar-refractivity contribution in [2.75, 3.05) is 39.3 Å². The Balaban J connectivity index is 1.46. The number of nitrogens with one attached hydrogen (secondary N) is 2. The lowest BCUT2D eigenvalue weighted by Gasteiger charge is -2.36. The number of carbonyl (C=O) groups is 2. The van der Waals surface area contributed by atoms with Crippen molar-refractivity contribution in [3.63, 3.8) is 0 Å². The number of rotatable bonds is 7. The number of urea groups is 1. The highest BCUT2D eigenvalue weighted by atomic mass is 16.5. The first-order chi connectivity index (χ1) is 14.0. The Labute approximate surface area is 170 Å². The normalized spacial score (nSPS) is 16.3. The van der Waals surface area contributed by atoms with Gasteiger partial charge in [-0.25, -0.2) is 4.79 Å². The molecule has 0 unspecified atom stereocenters. The first-order valence-corrected chi connectivity index (χ1v) is 9.95. The van der Waals surface area contributed by atoms with E-state index in [0.29, 0.717) is 24.7 Å². The molecule has 3 amide bonds. The molecule has 1 aromatic heterocycles. The Morgan fingerprint density at radius 1 is 1.17 bits per heavy atom. The predicted octanol–water partition coefficient (Wildman–Crippen LogP) is 1.18. The van der Waals surface area contributed by atoms with Crippen LogP contribution in [0, 0.1) is 0 Å². The second-order valence-corrected chi connectivity index (χ2v) is 7.11. The molecule has 1 aliphatic rings. The van der Waals surface area contributed by atoms with Crippen molar-refractivity contribution >= 4 is 11.9 Å². The van der Waals surface area contributed by atoms with Gasteiger partial charge in [0.25, 0.3) is 0 Å². The minimum Gasteiger partial charge on any atom is -0.338 e. The van der Waals surface area contributed by atoms with Crippen molar-refractivity contribution in [3.8, 4) is 0 Å². The molecule has 1 aliphatic heterocycles. The number of hydrogen-bond donors (Lipinski definition) is 2. The fraction of sp³-hybridized carbons (Fsp3) is 0.500. The summed E-state index contributed by atoms with van der Waals surface area (Å²) in [5, 5.41) is 8.99. The van der Waals surface area contributed by atoms with Gasteiger partial charge in [-0.2, -0.15) is 4.98 Å². The standard InChI is InChI=1S/C20H28N6O3/c1-3-21-20(28)23-18(27)14-25-9-11-26(12-10-25)15(2)19-22-17(24-29-19)13-16-7-5-4-6-8-16/h4-8,15H,3,9-14H2,1-2H3,(H2,21,23,27,28)/t15-/m0/s1. The van der Waals surface area contributed by atoms with Gasteiger partial charge in [-0.05, 0) is 19.4 Å². The lowest BCUT2D eigenvalue weighted by atomic mass is 10.1. The van der Waals surface area contributed by atoms with Crippen molar-refractivity contribution in [2.45, 2.75) is 26.3 Å². The Kier molecular flexibility index (Phi) is 7.31. The molecule has 0 aliphatic carbocycles. The number of amides is 3. The average molecular weight is 400 g/mol. The van der Waals surface area contributed by atoms with Crippen molar-refractivity contribution in [3.05, 3.63) is 47.6 Å². The number of carbonyl (C=O) groups excluding carboxylic acids is 2. The minimum absolute atomic E-state index is 0.0123. The molecule has 0 radical (unpaired) electrons. The molecular formula is C20H28N6O3. The lowest BCUT2D eigenvalue weighted by molar-refractivity contribution is -0.121.